The average molecular weight is 227 g/mol. The van der Waals surface area contributed by atoms with Gasteiger partial charge in [0.05, 0.1) is 7.11 Å². The lowest BCUT2D eigenvalue weighted by atomic mass is 10.3. The van der Waals surface area contributed by atoms with Crippen molar-refractivity contribution in [3.63, 3.8) is 0 Å². The van der Waals surface area contributed by atoms with Crippen molar-refractivity contribution in [3.8, 4) is 5.75 Å². The highest BCUT2D eigenvalue weighted by molar-refractivity contribution is 5.62. The van der Waals surface area contributed by atoms with Crippen LogP contribution in [0.4, 0.5) is 11.6 Å². The van der Waals surface area contributed by atoms with Crippen LogP contribution in [0.1, 0.15) is 12.8 Å². The third kappa shape index (κ3) is 3.21. The number of nitrogens with two attached hydrogens (primary N) is 1. The van der Waals surface area contributed by atoms with E-state index >= 15 is 0 Å². The van der Waals surface area contributed by atoms with E-state index in [2.05, 4.69) is 20.7 Å². The van der Waals surface area contributed by atoms with Gasteiger partial charge in [0.25, 0.3) is 0 Å². The largest absolute Gasteiger partial charge is 0.490 e. The van der Waals surface area contributed by atoms with E-state index in [0.29, 0.717) is 23.9 Å². The number of nitrogen functional groups attached to an aromatic ring is 1. The molecule has 0 saturated carbocycles. The summed E-state index contributed by atoms with van der Waals surface area (Å²) in [5, 5.41) is 11.7. The molecule has 0 aromatic carbocycles. The highest BCUT2D eigenvalue weighted by Gasteiger charge is 2.10. The monoisotopic (exact) mass is 227 g/mol. The van der Waals surface area contributed by atoms with Crippen molar-refractivity contribution in [2.24, 2.45) is 5.84 Å². The molecule has 1 rings (SSSR count). The van der Waals surface area contributed by atoms with Crippen LogP contribution in [0.3, 0.4) is 0 Å². The molecule has 7 heteroatoms. The molecule has 16 heavy (non-hydrogen) atoms. The van der Waals surface area contributed by atoms with Crippen LogP contribution < -0.4 is 21.3 Å². The zero-order chi connectivity index (χ0) is 11.8. The molecule has 0 unspecified atom stereocenters. The first-order valence-electron chi connectivity index (χ1n) is 5.03. The van der Waals surface area contributed by atoms with E-state index in [1.54, 1.807) is 0 Å². The van der Waals surface area contributed by atoms with E-state index in [1.165, 1.54) is 13.4 Å². The highest BCUT2D eigenvalue weighted by atomic mass is 16.5. The number of aliphatic hydroxyl groups is 1. The summed E-state index contributed by atoms with van der Waals surface area (Å²) in [6.45, 7) is 0.899. The molecule has 0 aliphatic heterocycles. The van der Waals surface area contributed by atoms with Gasteiger partial charge in [-0.2, -0.15) is 0 Å². The first-order valence-corrected chi connectivity index (χ1v) is 5.03. The fraction of sp³-hybridized carbons (Fsp3) is 0.556. The topological polar surface area (TPSA) is 105 Å². The molecule has 0 aliphatic carbocycles. The van der Waals surface area contributed by atoms with Gasteiger partial charge >= 0.3 is 0 Å². The number of hydrazine groups is 1. The SMILES string of the molecule is COc1c(NN)ncnc1NCCCCO. The second kappa shape index (κ2) is 6.81. The van der Waals surface area contributed by atoms with Gasteiger partial charge in [0, 0.05) is 13.2 Å². The quantitative estimate of drug-likeness (QED) is 0.294. The number of aliphatic hydroxyl groups excluding tert-OH is 1. The molecule has 0 bridgehead atoms. The van der Waals surface area contributed by atoms with Crippen molar-refractivity contribution in [1.82, 2.24) is 9.97 Å². The summed E-state index contributed by atoms with van der Waals surface area (Å²) in [7, 11) is 1.53. The van der Waals surface area contributed by atoms with E-state index in [9.17, 15) is 0 Å². The van der Waals surface area contributed by atoms with E-state index in [0.717, 1.165) is 12.8 Å². The zero-order valence-corrected chi connectivity index (χ0v) is 9.23. The summed E-state index contributed by atoms with van der Waals surface area (Å²) < 4.78 is 5.14. The molecule has 5 N–H and O–H groups in total. The summed E-state index contributed by atoms with van der Waals surface area (Å²) in [5.74, 6) is 6.79. The van der Waals surface area contributed by atoms with Crippen LogP contribution in [0, 0.1) is 0 Å². The van der Waals surface area contributed by atoms with Gasteiger partial charge in [0.2, 0.25) is 5.75 Å². The lowest BCUT2D eigenvalue weighted by Crippen LogP contribution is -2.13. The second-order valence-corrected chi connectivity index (χ2v) is 3.11. The predicted molar refractivity (Wildman–Crippen MR) is 61.2 cm³/mol. The third-order valence-electron chi connectivity index (χ3n) is 2.02. The second-order valence-electron chi connectivity index (χ2n) is 3.11. The minimum Gasteiger partial charge on any atom is -0.490 e. The fourth-order valence-electron chi connectivity index (χ4n) is 1.24. The molecule has 7 nitrogen and oxygen atoms in total. The molecule has 0 atom stereocenters. The summed E-state index contributed by atoms with van der Waals surface area (Å²) in [5.41, 5.74) is 2.43. The Morgan fingerprint density at radius 1 is 1.38 bits per heavy atom. The number of aromatic nitrogens is 2. The van der Waals surface area contributed by atoms with E-state index < -0.39 is 0 Å². The Balaban J connectivity index is 2.63. The van der Waals surface area contributed by atoms with Gasteiger partial charge in [-0.05, 0) is 12.8 Å². The number of anilines is 2. The zero-order valence-electron chi connectivity index (χ0n) is 9.23. The Kier molecular flexibility index (Phi) is 5.30. The molecule has 0 saturated heterocycles. The Morgan fingerprint density at radius 2 is 2.12 bits per heavy atom. The van der Waals surface area contributed by atoms with E-state index in [-0.39, 0.29) is 6.61 Å². The van der Waals surface area contributed by atoms with Gasteiger partial charge in [0.1, 0.15) is 6.33 Å². The van der Waals surface area contributed by atoms with Crippen molar-refractivity contribution in [3.05, 3.63) is 6.33 Å². The van der Waals surface area contributed by atoms with Gasteiger partial charge in [0.15, 0.2) is 11.6 Å². The smallest absolute Gasteiger partial charge is 0.205 e. The molecular formula is C9H17N5O2. The summed E-state index contributed by atoms with van der Waals surface area (Å²) in [6.07, 6.45) is 3.00. The first kappa shape index (κ1) is 12.5. The van der Waals surface area contributed by atoms with Crippen LogP contribution in [-0.2, 0) is 0 Å². The van der Waals surface area contributed by atoms with Crippen molar-refractivity contribution >= 4 is 11.6 Å². The molecular weight excluding hydrogens is 210 g/mol. The fourth-order valence-corrected chi connectivity index (χ4v) is 1.24. The summed E-state index contributed by atoms with van der Waals surface area (Å²) in [6, 6.07) is 0. The lowest BCUT2D eigenvalue weighted by molar-refractivity contribution is 0.286. The summed E-state index contributed by atoms with van der Waals surface area (Å²) in [4.78, 5) is 7.97. The number of methoxy groups -OCH3 is 1. The molecule has 0 spiro atoms. The lowest BCUT2D eigenvalue weighted by Gasteiger charge is -2.12. The van der Waals surface area contributed by atoms with Crippen LogP contribution in [-0.4, -0.2) is 35.3 Å². The van der Waals surface area contributed by atoms with Gasteiger partial charge in [-0.15, -0.1) is 0 Å². The molecule has 1 heterocycles. The van der Waals surface area contributed by atoms with Crippen molar-refractivity contribution in [2.45, 2.75) is 12.8 Å². The van der Waals surface area contributed by atoms with Gasteiger partial charge in [-0.3, -0.25) is 0 Å². The number of hydrogen-bond acceptors (Lipinski definition) is 7. The molecule has 0 fully saturated rings. The maximum absolute atomic E-state index is 8.64. The van der Waals surface area contributed by atoms with Crippen LogP contribution in [0.5, 0.6) is 5.75 Å². The number of nitrogens with zero attached hydrogens (tertiary/aromatic N) is 2. The Bertz CT molecular complexity index is 321. The normalized spacial score (nSPS) is 9.94. The van der Waals surface area contributed by atoms with Crippen LogP contribution >= 0.6 is 0 Å². The van der Waals surface area contributed by atoms with E-state index in [4.69, 9.17) is 15.7 Å². The number of nitrogens with one attached hydrogen (secondary N) is 2. The van der Waals surface area contributed by atoms with Crippen molar-refractivity contribution in [2.75, 3.05) is 31.0 Å². The number of unbranched alkanes of at least 4 members (excludes halogenated alkanes) is 1. The van der Waals surface area contributed by atoms with Gasteiger partial charge in [-0.1, -0.05) is 0 Å². The third-order valence-corrected chi connectivity index (χ3v) is 2.02. The Hall–Kier alpha value is -1.60. The van der Waals surface area contributed by atoms with Crippen molar-refractivity contribution < 1.29 is 9.84 Å². The highest BCUT2D eigenvalue weighted by Crippen LogP contribution is 2.27. The molecule has 1 aromatic heterocycles. The molecule has 0 aliphatic rings. The van der Waals surface area contributed by atoms with Crippen LogP contribution in [0.2, 0.25) is 0 Å². The Morgan fingerprint density at radius 3 is 2.75 bits per heavy atom. The Labute approximate surface area is 94.0 Å². The number of rotatable bonds is 7. The minimum atomic E-state index is 0.193. The van der Waals surface area contributed by atoms with E-state index in [1.807, 2.05) is 0 Å². The number of ether oxygens (including phenoxy) is 1. The van der Waals surface area contributed by atoms with Crippen LogP contribution in [0.15, 0.2) is 6.33 Å². The first-order chi connectivity index (χ1) is 7.83. The predicted octanol–water partition coefficient (Wildman–Crippen LogP) is -0.0448. The molecule has 0 amide bonds. The maximum Gasteiger partial charge on any atom is 0.205 e. The number of hydrogen-bond donors (Lipinski definition) is 4. The maximum atomic E-state index is 8.64. The molecule has 1 aromatic rings. The minimum absolute atomic E-state index is 0.193. The van der Waals surface area contributed by atoms with Crippen LogP contribution in [0.25, 0.3) is 0 Å². The van der Waals surface area contributed by atoms with Crippen molar-refractivity contribution in [1.29, 1.82) is 0 Å². The molecule has 90 valence electrons. The van der Waals surface area contributed by atoms with Gasteiger partial charge in [-0.25, -0.2) is 15.8 Å². The molecule has 0 radical (unpaired) electrons. The van der Waals surface area contributed by atoms with Gasteiger partial charge < -0.3 is 20.6 Å². The standard InChI is InChI=1S/C9H17N5O2/c1-16-7-8(11-4-2-3-5-15)12-6-13-9(7)14-10/h6,15H,2-5,10H2,1H3,(H2,11,12,13,14). The summed E-state index contributed by atoms with van der Waals surface area (Å²) >= 11 is 0. The average Bonchev–Trinajstić information content (AvgIpc) is 2.34.